The summed E-state index contributed by atoms with van der Waals surface area (Å²) < 4.78 is 5.80. The Morgan fingerprint density at radius 2 is 1.41 bits per heavy atom. The van der Waals surface area contributed by atoms with Crippen molar-refractivity contribution in [3.8, 4) is 28.0 Å². The van der Waals surface area contributed by atoms with Crippen LogP contribution in [0.25, 0.3) is 22.3 Å². The normalized spacial score (nSPS) is 14.6. The Hall–Kier alpha value is -2.58. The highest BCUT2D eigenvalue weighted by atomic mass is 16.5. The highest BCUT2D eigenvalue weighted by Gasteiger charge is 2.36. The lowest BCUT2D eigenvalue weighted by molar-refractivity contribution is 0.0792. The van der Waals surface area contributed by atoms with Gasteiger partial charge in [-0.15, -0.1) is 0 Å². The summed E-state index contributed by atoms with van der Waals surface area (Å²) in [5.41, 5.74) is 7.08. The minimum atomic E-state index is -0.933. The van der Waals surface area contributed by atoms with E-state index in [4.69, 9.17) is 4.74 Å². The Morgan fingerprint density at radius 1 is 0.778 bits per heavy atom. The van der Waals surface area contributed by atoms with E-state index in [-0.39, 0.29) is 5.41 Å². The van der Waals surface area contributed by atoms with Crippen molar-refractivity contribution < 1.29 is 9.84 Å². The van der Waals surface area contributed by atoms with Crippen LogP contribution in [0.5, 0.6) is 5.75 Å². The Balaban J connectivity index is 2.03. The molecule has 0 unspecified atom stereocenters. The van der Waals surface area contributed by atoms with Crippen molar-refractivity contribution in [1.29, 1.82) is 0 Å². The second-order valence-electron chi connectivity index (χ2n) is 8.37. The second-order valence-corrected chi connectivity index (χ2v) is 8.37. The zero-order valence-corrected chi connectivity index (χ0v) is 16.6. The van der Waals surface area contributed by atoms with Gasteiger partial charge in [0.1, 0.15) is 5.75 Å². The number of ether oxygens (including phenoxy) is 1. The molecular formula is C25H26O2. The molecule has 1 aliphatic carbocycles. The lowest BCUT2D eigenvalue weighted by Crippen LogP contribution is -2.17. The van der Waals surface area contributed by atoms with E-state index in [2.05, 4.69) is 56.3 Å². The minimum absolute atomic E-state index is 0.0620. The van der Waals surface area contributed by atoms with Crippen LogP contribution in [0.1, 0.15) is 44.4 Å². The Labute approximate surface area is 161 Å². The van der Waals surface area contributed by atoms with Gasteiger partial charge in [0.15, 0.2) is 0 Å². The summed E-state index contributed by atoms with van der Waals surface area (Å²) in [5, 5.41) is 10.7. The lowest BCUT2D eigenvalue weighted by Gasteiger charge is -2.25. The van der Waals surface area contributed by atoms with E-state index < -0.39 is 5.60 Å². The third-order valence-electron chi connectivity index (χ3n) is 5.78. The minimum Gasteiger partial charge on any atom is -0.496 e. The zero-order chi connectivity index (χ0) is 19.4. The van der Waals surface area contributed by atoms with E-state index in [9.17, 15) is 5.11 Å². The van der Waals surface area contributed by atoms with Crippen LogP contribution in [-0.4, -0.2) is 12.2 Å². The molecule has 0 saturated carbocycles. The predicted molar refractivity (Wildman–Crippen MR) is 111 cm³/mol. The van der Waals surface area contributed by atoms with Gasteiger partial charge in [-0.25, -0.2) is 0 Å². The number of fused-ring (bicyclic) bond motifs is 3. The summed E-state index contributed by atoms with van der Waals surface area (Å²) in [7, 11) is 1.72. The zero-order valence-electron chi connectivity index (χ0n) is 16.6. The molecule has 0 saturated heterocycles. The Bertz CT molecular complexity index is 1020. The first-order valence-electron chi connectivity index (χ1n) is 9.40. The Morgan fingerprint density at radius 3 is 2.07 bits per heavy atom. The summed E-state index contributed by atoms with van der Waals surface area (Å²) in [6.45, 7) is 8.18. The van der Waals surface area contributed by atoms with E-state index >= 15 is 0 Å². The maximum absolute atomic E-state index is 10.7. The standard InChI is InChI=1S/C25H26O2/c1-24(2)20-12-8-6-10-16(20)18-14-19(23(27-5)15-22(18)24)17-11-7-9-13-21(17)25(3,4)26/h6-15,26H,1-5H3. The van der Waals surface area contributed by atoms with Crippen LogP contribution in [0, 0.1) is 0 Å². The first-order valence-corrected chi connectivity index (χ1v) is 9.40. The molecule has 1 aliphatic rings. The SMILES string of the molecule is COc1cc2c(cc1-c1ccccc1C(C)(C)O)-c1ccccc1C2(C)C. The number of benzene rings is 3. The van der Waals surface area contributed by atoms with Gasteiger partial charge in [0, 0.05) is 11.0 Å². The molecule has 27 heavy (non-hydrogen) atoms. The molecule has 0 amide bonds. The molecule has 0 spiro atoms. The summed E-state index contributed by atoms with van der Waals surface area (Å²) in [6.07, 6.45) is 0. The molecule has 0 fully saturated rings. The molecule has 2 nitrogen and oxygen atoms in total. The van der Waals surface area contributed by atoms with Gasteiger partial charge in [-0.3, -0.25) is 0 Å². The summed E-state index contributed by atoms with van der Waals surface area (Å²) in [6, 6.07) is 21.0. The topological polar surface area (TPSA) is 29.5 Å². The van der Waals surface area contributed by atoms with Crippen LogP contribution in [0.2, 0.25) is 0 Å². The van der Waals surface area contributed by atoms with Crippen LogP contribution < -0.4 is 4.74 Å². The summed E-state index contributed by atoms with van der Waals surface area (Å²) >= 11 is 0. The van der Waals surface area contributed by atoms with Crippen molar-refractivity contribution in [3.63, 3.8) is 0 Å². The van der Waals surface area contributed by atoms with Crippen molar-refractivity contribution in [2.45, 2.75) is 38.7 Å². The molecule has 3 aromatic carbocycles. The first-order chi connectivity index (χ1) is 12.7. The highest BCUT2D eigenvalue weighted by Crippen LogP contribution is 2.52. The third-order valence-corrected chi connectivity index (χ3v) is 5.78. The van der Waals surface area contributed by atoms with Gasteiger partial charge < -0.3 is 9.84 Å². The average molecular weight is 358 g/mol. The van der Waals surface area contributed by atoms with Gasteiger partial charge in [-0.05, 0) is 59.4 Å². The number of hydrogen-bond donors (Lipinski definition) is 1. The molecule has 0 atom stereocenters. The highest BCUT2D eigenvalue weighted by molar-refractivity contribution is 5.87. The average Bonchev–Trinajstić information content (AvgIpc) is 2.87. The monoisotopic (exact) mass is 358 g/mol. The van der Waals surface area contributed by atoms with Crippen molar-refractivity contribution in [3.05, 3.63) is 77.4 Å². The third kappa shape index (κ3) is 2.67. The fraction of sp³-hybridized carbons (Fsp3) is 0.280. The molecule has 0 aliphatic heterocycles. The summed E-state index contributed by atoms with van der Waals surface area (Å²) in [5.74, 6) is 0.839. The van der Waals surface area contributed by atoms with Gasteiger partial charge in [0.2, 0.25) is 0 Å². The summed E-state index contributed by atoms with van der Waals surface area (Å²) in [4.78, 5) is 0. The smallest absolute Gasteiger partial charge is 0.127 e. The quantitative estimate of drug-likeness (QED) is 0.632. The van der Waals surface area contributed by atoms with E-state index in [0.29, 0.717) is 0 Å². The predicted octanol–water partition coefficient (Wildman–Crippen LogP) is 5.90. The van der Waals surface area contributed by atoms with Gasteiger partial charge in [0.25, 0.3) is 0 Å². The second kappa shape index (κ2) is 5.97. The van der Waals surface area contributed by atoms with Gasteiger partial charge in [0.05, 0.1) is 12.7 Å². The van der Waals surface area contributed by atoms with E-state index in [1.807, 2.05) is 32.0 Å². The molecule has 0 heterocycles. The van der Waals surface area contributed by atoms with Crippen molar-refractivity contribution >= 4 is 0 Å². The van der Waals surface area contributed by atoms with Crippen LogP contribution in [-0.2, 0) is 11.0 Å². The molecule has 0 bridgehead atoms. The van der Waals surface area contributed by atoms with Crippen molar-refractivity contribution in [1.82, 2.24) is 0 Å². The fourth-order valence-electron chi connectivity index (χ4n) is 4.36. The van der Waals surface area contributed by atoms with E-state index in [1.165, 1.54) is 22.3 Å². The number of rotatable bonds is 3. The fourth-order valence-corrected chi connectivity index (χ4v) is 4.36. The number of aliphatic hydroxyl groups is 1. The van der Waals surface area contributed by atoms with Gasteiger partial charge >= 0.3 is 0 Å². The maximum atomic E-state index is 10.7. The number of methoxy groups -OCH3 is 1. The molecular weight excluding hydrogens is 332 g/mol. The van der Waals surface area contributed by atoms with Crippen molar-refractivity contribution in [2.75, 3.05) is 7.11 Å². The molecule has 138 valence electrons. The molecule has 4 rings (SSSR count). The molecule has 2 heteroatoms. The lowest BCUT2D eigenvalue weighted by atomic mass is 9.81. The molecule has 3 aromatic rings. The maximum Gasteiger partial charge on any atom is 0.127 e. The number of hydrogen-bond acceptors (Lipinski definition) is 2. The van der Waals surface area contributed by atoms with Crippen LogP contribution >= 0.6 is 0 Å². The van der Waals surface area contributed by atoms with Crippen LogP contribution in [0.4, 0.5) is 0 Å². The van der Waals surface area contributed by atoms with Crippen LogP contribution in [0.3, 0.4) is 0 Å². The van der Waals surface area contributed by atoms with Crippen molar-refractivity contribution in [2.24, 2.45) is 0 Å². The first kappa shape index (κ1) is 17.8. The van der Waals surface area contributed by atoms with E-state index in [1.54, 1.807) is 7.11 Å². The molecule has 0 radical (unpaired) electrons. The van der Waals surface area contributed by atoms with Crippen LogP contribution in [0.15, 0.2) is 60.7 Å². The molecule has 0 aromatic heterocycles. The van der Waals surface area contributed by atoms with Gasteiger partial charge in [-0.1, -0.05) is 62.4 Å². The largest absolute Gasteiger partial charge is 0.496 e. The molecule has 1 N–H and O–H groups in total. The van der Waals surface area contributed by atoms with E-state index in [0.717, 1.165) is 22.4 Å². The van der Waals surface area contributed by atoms with Gasteiger partial charge in [-0.2, -0.15) is 0 Å². The Kier molecular flexibility index (Phi) is 3.94.